The maximum Gasteiger partial charge on any atom is 0.212 e. The minimum absolute atomic E-state index is 0.381. The number of hydrogen-bond donors (Lipinski definition) is 2. The Morgan fingerprint density at radius 3 is 2.95 bits per heavy atom. The summed E-state index contributed by atoms with van der Waals surface area (Å²) in [6.07, 6.45) is 2.04. The molecule has 0 atom stereocenters. The van der Waals surface area contributed by atoms with Gasteiger partial charge in [0.05, 0.1) is 6.54 Å². The maximum absolute atomic E-state index is 5.79. The average Bonchev–Trinajstić information content (AvgIpc) is 2.88. The number of nitrogens with two attached hydrogens (primary N) is 1. The van der Waals surface area contributed by atoms with Gasteiger partial charge in [-0.1, -0.05) is 35.6 Å². The largest absolute Gasteiger partial charge is 0.370 e. The van der Waals surface area contributed by atoms with Gasteiger partial charge in [0.2, 0.25) is 5.13 Å². The molecule has 2 rings (SSSR count). The zero-order chi connectivity index (χ0) is 14.4. The number of aryl methyl sites for hydroxylation is 1. The molecule has 2 aromatic rings. The third kappa shape index (κ3) is 3.94. The molecule has 0 radical (unpaired) electrons. The van der Waals surface area contributed by atoms with Gasteiger partial charge in [-0.05, 0) is 18.7 Å². The highest BCUT2D eigenvalue weighted by atomic mass is 32.2. The number of hydrogen-bond acceptors (Lipinski definition) is 5. The molecule has 0 saturated heterocycles. The Hall–Kier alpha value is -1.60. The van der Waals surface area contributed by atoms with Crippen LogP contribution in [0.1, 0.15) is 5.56 Å². The van der Waals surface area contributed by atoms with Gasteiger partial charge in [-0.25, -0.2) is 0 Å². The average molecular weight is 307 g/mol. The standard InChI is InChI=1S/C13H17N5S2/c1-9-5-3-4-6-10(9)11-17-18-13(20-11)16-12(14)15-7-8-19-2/h3-6H,7-8H2,1-2H3,(H3,14,15,16,18). The first-order valence-corrected chi connectivity index (χ1v) is 8.37. The Bertz CT molecular complexity index is 594. The first-order valence-electron chi connectivity index (χ1n) is 6.16. The Labute approximate surface area is 126 Å². The number of aromatic nitrogens is 2. The molecule has 3 N–H and O–H groups in total. The number of nitrogens with one attached hydrogen (secondary N) is 1. The molecule has 1 aromatic carbocycles. The molecular formula is C13H17N5S2. The number of anilines is 1. The molecule has 0 unspecified atom stereocenters. The number of thioether (sulfide) groups is 1. The van der Waals surface area contributed by atoms with Gasteiger partial charge in [0, 0.05) is 11.3 Å². The van der Waals surface area contributed by atoms with Crippen molar-refractivity contribution < 1.29 is 0 Å². The van der Waals surface area contributed by atoms with Crippen LogP contribution in [0.15, 0.2) is 29.3 Å². The van der Waals surface area contributed by atoms with Crippen molar-refractivity contribution in [2.45, 2.75) is 6.92 Å². The van der Waals surface area contributed by atoms with E-state index in [4.69, 9.17) is 5.73 Å². The third-order valence-corrected chi connectivity index (χ3v) is 4.08. The quantitative estimate of drug-likeness (QED) is 0.504. The molecule has 0 amide bonds. The van der Waals surface area contributed by atoms with Crippen LogP contribution in [0.2, 0.25) is 0 Å². The van der Waals surface area contributed by atoms with Crippen LogP contribution >= 0.6 is 23.1 Å². The van der Waals surface area contributed by atoms with E-state index >= 15 is 0 Å². The van der Waals surface area contributed by atoms with Gasteiger partial charge in [-0.2, -0.15) is 11.8 Å². The highest BCUT2D eigenvalue weighted by Gasteiger charge is 2.08. The molecule has 0 saturated carbocycles. The highest BCUT2D eigenvalue weighted by molar-refractivity contribution is 7.98. The summed E-state index contributed by atoms with van der Waals surface area (Å²) in [4.78, 5) is 4.21. The van der Waals surface area contributed by atoms with Crippen molar-refractivity contribution in [2.75, 3.05) is 23.9 Å². The van der Waals surface area contributed by atoms with Crippen LogP contribution < -0.4 is 11.1 Å². The fourth-order valence-corrected chi connectivity index (χ4v) is 2.72. The van der Waals surface area contributed by atoms with E-state index in [1.807, 2.05) is 24.5 Å². The summed E-state index contributed by atoms with van der Waals surface area (Å²) in [6, 6.07) is 8.10. The lowest BCUT2D eigenvalue weighted by molar-refractivity contribution is 1.09. The molecule has 106 valence electrons. The molecule has 0 aliphatic carbocycles. The zero-order valence-corrected chi connectivity index (χ0v) is 13.1. The fourth-order valence-electron chi connectivity index (χ4n) is 1.60. The van der Waals surface area contributed by atoms with Crippen molar-refractivity contribution in [3.05, 3.63) is 29.8 Å². The summed E-state index contributed by atoms with van der Waals surface area (Å²) < 4.78 is 0. The number of aliphatic imine (C=N–C) groups is 1. The van der Waals surface area contributed by atoms with E-state index in [1.165, 1.54) is 16.9 Å². The van der Waals surface area contributed by atoms with E-state index in [-0.39, 0.29) is 0 Å². The van der Waals surface area contributed by atoms with E-state index in [1.54, 1.807) is 11.8 Å². The third-order valence-electron chi connectivity index (χ3n) is 2.61. The summed E-state index contributed by atoms with van der Waals surface area (Å²) in [5, 5.41) is 12.8. The second kappa shape index (κ2) is 7.25. The van der Waals surface area contributed by atoms with Gasteiger partial charge in [-0.3, -0.25) is 4.99 Å². The summed E-state index contributed by atoms with van der Waals surface area (Å²) >= 11 is 3.21. The van der Waals surface area contributed by atoms with Crippen molar-refractivity contribution in [1.82, 2.24) is 10.2 Å². The topological polar surface area (TPSA) is 76.2 Å². The maximum atomic E-state index is 5.79. The Morgan fingerprint density at radius 2 is 2.20 bits per heavy atom. The molecule has 1 heterocycles. The zero-order valence-electron chi connectivity index (χ0n) is 11.5. The molecular weight excluding hydrogens is 290 g/mol. The van der Waals surface area contributed by atoms with Crippen molar-refractivity contribution in [3.63, 3.8) is 0 Å². The molecule has 5 nitrogen and oxygen atoms in total. The van der Waals surface area contributed by atoms with Crippen LogP contribution in [0.5, 0.6) is 0 Å². The molecule has 7 heteroatoms. The molecule has 0 fully saturated rings. The summed E-state index contributed by atoms with van der Waals surface area (Å²) in [5.74, 6) is 1.33. The van der Waals surface area contributed by atoms with Gasteiger partial charge in [-0.15, -0.1) is 10.2 Å². The monoisotopic (exact) mass is 307 g/mol. The van der Waals surface area contributed by atoms with Crippen LogP contribution in [-0.4, -0.2) is 34.7 Å². The second-order valence-corrected chi connectivity index (χ2v) is 6.08. The molecule has 0 aliphatic heterocycles. The van der Waals surface area contributed by atoms with E-state index in [9.17, 15) is 0 Å². The van der Waals surface area contributed by atoms with Crippen molar-refractivity contribution >= 4 is 34.2 Å². The smallest absolute Gasteiger partial charge is 0.212 e. The van der Waals surface area contributed by atoms with E-state index in [0.717, 1.165) is 16.3 Å². The number of guanidine groups is 1. The minimum Gasteiger partial charge on any atom is -0.370 e. The highest BCUT2D eigenvalue weighted by Crippen LogP contribution is 2.28. The SMILES string of the molecule is CSCCN=C(N)Nc1nnc(-c2ccccc2C)s1. The lowest BCUT2D eigenvalue weighted by Crippen LogP contribution is -2.23. The lowest BCUT2D eigenvalue weighted by atomic mass is 10.1. The Balaban J connectivity index is 2.06. The van der Waals surface area contributed by atoms with E-state index < -0.39 is 0 Å². The molecule has 20 heavy (non-hydrogen) atoms. The van der Waals surface area contributed by atoms with E-state index in [0.29, 0.717) is 17.6 Å². The molecule has 0 aliphatic rings. The summed E-state index contributed by atoms with van der Waals surface area (Å²) in [5.41, 5.74) is 8.06. The predicted molar refractivity (Wildman–Crippen MR) is 88.6 cm³/mol. The lowest BCUT2D eigenvalue weighted by Gasteiger charge is -2.00. The first kappa shape index (κ1) is 14.8. The minimum atomic E-state index is 0.381. The molecule has 1 aromatic heterocycles. The molecule has 0 bridgehead atoms. The van der Waals surface area contributed by atoms with Gasteiger partial charge in [0.25, 0.3) is 0 Å². The van der Waals surface area contributed by atoms with Crippen LogP contribution in [-0.2, 0) is 0 Å². The van der Waals surface area contributed by atoms with Gasteiger partial charge in [0.1, 0.15) is 5.01 Å². The van der Waals surface area contributed by atoms with Crippen molar-refractivity contribution in [1.29, 1.82) is 0 Å². The van der Waals surface area contributed by atoms with E-state index in [2.05, 4.69) is 33.5 Å². The van der Waals surface area contributed by atoms with Crippen LogP contribution in [0.3, 0.4) is 0 Å². The van der Waals surface area contributed by atoms with Crippen molar-refractivity contribution in [2.24, 2.45) is 10.7 Å². The number of benzene rings is 1. The summed E-state index contributed by atoms with van der Waals surface area (Å²) in [7, 11) is 0. The first-order chi connectivity index (χ1) is 9.70. The van der Waals surface area contributed by atoms with Gasteiger partial charge >= 0.3 is 0 Å². The number of nitrogens with zero attached hydrogens (tertiary/aromatic N) is 3. The second-order valence-electron chi connectivity index (χ2n) is 4.11. The summed E-state index contributed by atoms with van der Waals surface area (Å²) in [6.45, 7) is 2.76. The van der Waals surface area contributed by atoms with Crippen LogP contribution in [0.4, 0.5) is 5.13 Å². The van der Waals surface area contributed by atoms with Crippen LogP contribution in [0.25, 0.3) is 10.6 Å². The predicted octanol–water partition coefficient (Wildman–Crippen LogP) is 2.60. The molecule has 0 spiro atoms. The fraction of sp³-hybridized carbons (Fsp3) is 0.308. The normalized spacial score (nSPS) is 11.6. The van der Waals surface area contributed by atoms with Crippen LogP contribution in [0, 0.1) is 6.92 Å². The van der Waals surface area contributed by atoms with Gasteiger partial charge < -0.3 is 11.1 Å². The van der Waals surface area contributed by atoms with Crippen molar-refractivity contribution in [3.8, 4) is 10.6 Å². The van der Waals surface area contributed by atoms with Gasteiger partial charge in [0.15, 0.2) is 5.96 Å². The number of rotatable bonds is 5. The Morgan fingerprint density at radius 1 is 1.40 bits per heavy atom. The Kier molecular flexibility index (Phi) is 5.37.